The summed E-state index contributed by atoms with van der Waals surface area (Å²) in [6.07, 6.45) is -1.58. The van der Waals surface area contributed by atoms with Crippen molar-refractivity contribution < 1.29 is 33.4 Å². The largest absolute Gasteiger partial charge is 0.462 e. The van der Waals surface area contributed by atoms with Crippen molar-refractivity contribution in [2.45, 2.75) is 57.2 Å². The van der Waals surface area contributed by atoms with Crippen LogP contribution in [0.4, 0.5) is 5.82 Å². The maximum Gasteiger partial charge on any atom is 0.459 e. The fourth-order valence-electron chi connectivity index (χ4n) is 3.99. The summed E-state index contributed by atoms with van der Waals surface area (Å²) in [5.41, 5.74) is 6.99. The molecule has 2 aromatic heterocycles. The summed E-state index contributed by atoms with van der Waals surface area (Å²) in [5, 5.41) is 31.4. The molecule has 3 heterocycles. The fraction of sp³-hybridized carbons (Fsp3) is 0.435. The topological polar surface area (TPSA) is 183 Å². The standard InChI is InChI=1S/C23H31N6O7P/c1-13(2)35-23(32)14(3)28-37(33,36-15-7-5-4-6-8-15)34-11-16-20(30)21(31)19(27-16)17-9-10-18-22(24)25-12-26-29(17)18/h4-10,12-14,16,19-21,27,30-31H,11H2,1-3H3,(H,28,33)(H2,24,25,26)/t14-,16+,19-,20+,21-,37-/m0/s1. The van der Waals surface area contributed by atoms with E-state index in [9.17, 15) is 19.6 Å². The summed E-state index contributed by atoms with van der Waals surface area (Å²) in [4.78, 5) is 16.3. The summed E-state index contributed by atoms with van der Waals surface area (Å²) in [6.45, 7) is 4.55. The number of hydrogen-bond donors (Lipinski definition) is 5. The number of para-hydroxylation sites is 1. The van der Waals surface area contributed by atoms with Crippen molar-refractivity contribution in [3.8, 4) is 5.75 Å². The Morgan fingerprint density at radius 1 is 1.19 bits per heavy atom. The molecule has 37 heavy (non-hydrogen) atoms. The minimum Gasteiger partial charge on any atom is -0.462 e. The van der Waals surface area contributed by atoms with Crippen LogP contribution in [0.25, 0.3) is 5.52 Å². The molecule has 0 saturated carbocycles. The highest BCUT2D eigenvalue weighted by atomic mass is 31.2. The van der Waals surface area contributed by atoms with Gasteiger partial charge in [-0.25, -0.2) is 14.1 Å². The minimum atomic E-state index is -4.14. The lowest BCUT2D eigenvalue weighted by molar-refractivity contribution is -0.149. The predicted molar refractivity (Wildman–Crippen MR) is 134 cm³/mol. The number of aliphatic hydroxyl groups excluding tert-OH is 2. The first-order valence-corrected chi connectivity index (χ1v) is 13.3. The molecule has 6 N–H and O–H groups in total. The third kappa shape index (κ3) is 6.09. The highest BCUT2D eigenvalue weighted by Crippen LogP contribution is 2.45. The van der Waals surface area contributed by atoms with Crippen LogP contribution in [-0.2, 0) is 18.6 Å². The molecule has 0 aliphatic carbocycles. The van der Waals surface area contributed by atoms with Gasteiger partial charge in [0.15, 0.2) is 5.82 Å². The lowest BCUT2D eigenvalue weighted by atomic mass is 10.1. The van der Waals surface area contributed by atoms with E-state index in [-0.39, 0.29) is 24.3 Å². The van der Waals surface area contributed by atoms with Gasteiger partial charge in [0.25, 0.3) is 0 Å². The zero-order valence-corrected chi connectivity index (χ0v) is 21.5. The van der Waals surface area contributed by atoms with Crippen LogP contribution < -0.4 is 20.7 Å². The van der Waals surface area contributed by atoms with E-state index in [0.29, 0.717) is 11.2 Å². The Bertz CT molecular complexity index is 1270. The molecule has 1 saturated heterocycles. The zero-order valence-electron chi connectivity index (χ0n) is 20.6. The monoisotopic (exact) mass is 534 g/mol. The molecule has 0 spiro atoms. The smallest absolute Gasteiger partial charge is 0.459 e. The number of benzene rings is 1. The number of esters is 1. The SMILES string of the molecule is CC(C)OC(=O)[C@H](C)N[P@](=O)(OC[C@H]1N[C@@H](c2ccc3c(N)ncnn23)[C@H](O)[C@@H]1O)Oc1ccccc1. The number of nitrogens with two attached hydrogens (primary N) is 1. The highest BCUT2D eigenvalue weighted by molar-refractivity contribution is 7.52. The normalized spacial score (nSPS) is 24.2. The summed E-state index contributed by atoms with van der Waals surface area (Å²) < 4.78 is 31.7. The molecule has 1 aromatic carbocycles. The number of anilines is 1. The number of aliphatic hydroxyl groups is 2. The number of carbonyl (C=O) groups is 1. The van der Waals surface area contributed by atoms with Crippen molar-refractivity contribution in [1.82, 2.24) is 25.0 Å². The summed E-state index contributed by atoms with van der Waals surface area (Å²) in [7, 11) is -4.14. The van der Waals surface area contributed by atoms with Crippen LogP contribution in [0.2, 0.25) is 0 Å². The van der Waals surface area contributed by atoms with Crippen molar-refractivity contribution in [3.05, 3.63) is 54.5 Å². The van der Waals surface area contributed by atoms with Crippen molar-refractivity contribution in [1.29, 1.82) is 0 Å². The van der Waals surface area contributed by atoms with E-state index in [1.54, 1.807) is 56.3 Å². The molecule has 1 aliphatic heterocycles. The third-order valence-corrected chi connectivity index (χ3v) is 7.42. The average molecular weight is 535 g/mol. The molecule has 4 rings (SSSR count). The molecule has 0 radical (unpaired) electrons. The number of carbonyl (C=O) groups excluding carboxylic acids is 1. The van der Waals surface area contributed by atoms with E-state index in [0.717, 1.165) is 0 Å². The van der Waals surface area contributed by atoms with Crippen LogP contribution in [0.5, 0.6) is 5.75 Å². The first-order chi connectivity index (χ1) is 17.6. The van der Waals surface area contributed by atoms with Gasteiger partial charge >= 0.3 is 13.7 Å². The molecule has 0 unspecified atom stereocenters. The first kappa shape index (κ1) is 27.0. The van der Waals surface area contributed by atoms with Crippen LogP contribution in [-0.4, -0.2) is 67.8 Å². The summed E-state index contributed by atoms with van der Waals surface area (Å²) >= 11 is 0. The Morgan fingerprint density at radius 3 is 2.62 bits per heavy atom. The molecule has 6 atom stereocenters. The maximum absolute atomic E-state index is 13.7. The molecular weight excluding hydrogens is 503 g/mol. The van der Waals surface area contributed by atoms with Crippen LogP contribution >= 0.6 is 7.75 Å². The summed E-state index contributed by atoms with van der Waals surface area (Å²) in [6, 6.07) is 9.15. The maximum atomic E-state index is 13.7. The fourth-order valence-corrected chi connectivity index (χ4v) is 5.51. The molecule has 3 aromatic rings. The van der Waals surface area contributed by atoms with Gasteiger partial charge in [0.05, 0.1) is 36.6 Å². The number of nitrogens with one attached hydrogen (secondary N) is 2. The van der Waals surface area contributed by atoms with Crippen LogP contribution in [0.3, 0.4) is 0 Å². The first-order valence-electron chi connectivity index (χ1n) is 11.8. The van der Waals surface area contributed by atoms with Crippen molar-refractivity contribution >= 4 is 25.1 Å². The number of rotatable bonds is 10. The third-order valence-electron chi connectivity index (χ3n) is 5.78. The van der Waals surface area contributed by atoms with Crippen LogP contribution in [0, 0.1) is 0 Å². The van der Waals surface area contributed by atoms with Gasteiger partial charge in [-0.1, -0.05) is 18.2 Å². The number of nitrogens with zero attached hydrogens (tertiary/aromatic N) is 3. The second kappa shape index (κ2) is 11.1. The Labute approximate surface area is 213 Å². The highest BCUT2D eigenvalue weighted by Gasteiger charge is 2.44. The lowest BCUT2D eigenvalue weighted by Crippen LogP contribution is -2.40. The summed E-state index contributed by atoms with van der Waals surface area (Å²) in [5.74, 6) is -0.117. The minimum absolute atomic E-state index is 0.248. The molecule has 14 heteroatoms. The Balaban J connectivity index is 1.50. The molecule has 0 amide bonds. The van der Waals surface area contributed by atoms with Crippen molar-refractivity contribution in [2.24, 2.45) is 0 Å². The van der Waals surface area contributed by atoms with Gasteiger partial charge in [0.1, 0.15) is 29.7 Å². The second-order valence-corrected chi connectivity index (χ2v) is 10.7. The van der Waals surface area contributed by atoms with E-state index >= 15 is 0 Å². The number of hydrogen-bond acceptors (Lipinski definition) is 11. The molecule has 0 bridgehead atoms. The van der Waals surface area contributed by atoms with E-state index in [1.807, 2.05) is 0 Å². The van der Waals surface area contributed by atoms with Crippen LogP contribution in [0.1, 0.15) is 32.5 Å². The predicted octanol–water partition coefficient (Wildman–Crippen LogP) is 1.18. The number of ether oxygens (including phenoxy) is 1. The van der Waals surface area contributed by atoms with Gasteiger partial charge in [-0.3, -0.25) is 14.6 Å². The number of fused-ring (bicyclic) bond motifs is 1. The van der Waals surface area contributed by atoms with E-state index < -0.39 is 44.0 Å². The van der Waals surface area contributed by atoms with Gasteiger partial charge in [0, 0.05) is 0 Å². The van der Waals surface area contributed by atoms with Crippen LogP contribution in [0.15, 0.2) is 48.8 Å². The Hall–Kier alpha value is -3.06. The molecule has 13 nitrogen and oxygen atoms in total. The quantitative estimate of drug-likeness (QED) is 0.185. The van der Waals surface area contributed by atoms with Gasteiger partial charge < -0.3 is 25.2 Å². The number of nitrogen functional groups attached to an aromatic ring is 1. The molecule has 1 fully saturated rings. The Kier molecular flexibility index (Phi) is 8.12. The number of aromatic nitrogens is 3. The van der Waals surface area contributed by atoms with Gasteiger partial charge in [-0.2, -0.15) is 10.2 Å². The lowest BCUT2D eigenvalue weighted by Gasteiger charge is -2.25. The van der Waals surface area contributed by atoms with Crippen molar-refractivity contribution in [3.63, 3.8) is 0 Å². The Morgan fingerprint density at radius 2 is 1.92 bits per heavy atom. The second-order valence-electron chi connectivity index (χ2n) is 8.97. The van der Waals surface area contributed by atoms with E-state index in [2.05, 4.69) is 20.5 Å². The van der Waals surface area contributed by atoms with Crippen molar-refractivity contribution in [2.75, 3.05) is 12.3 Å². The van der Waals surface area contributed by atoms with Gasteiger partial charge in [-0.05, 0) is 45.0 Å². The van der Waals surface area contributed by atoms with Gasteiger partial charge in [0.2, 0.25) is 0 Å². The molecule has 200 valence electrons. The van der Waals surface area contributed by atoms with Gasteiger partial charge in [-0.15, -0.1) is 0 Å². The zero-order chi connectivity index (χ0) is 26.7. The molecular formula is C23H31N6O7P. The van der Waals surface area contributed by atoms with E-state index in [1.165, 1.54) is 17.8 Å². The average Bonchev–Trinajstić information content (AvgIpc) is 3.40. The van der Waals surface area contributed by atoms with E-state index in [4.69, 9.17) is 19.5 Å². The molecule has 1 aliphatic rings.